The van der Waals surface area contributed by atoms with Crippen molar-refractivity contribution in [3.05, 3.63) is 0 Å². The third-order valence-corrected chi connectivity index (χ3v) is 0.827. The fourth-order valence-corrected chi connectivity index (χ4v) is 0.510. The Labute approximate surface area is 71.6 Å². The van der Waals surface area contributed by atoms with E-state index in [1.165, 1.54) is 12.8 Å². The van der Waals surface area contributed by atoms with E-state index in [-0.39, 0.29) is 17.1 Å². The van der Waals surface area contributed by atoms with Crippen LogP contribution in [0.3, 0.4) is 0 Å². The number of carbonyl (C=O) groups excluding carboxylic acids is 2. The van der Waals surface area contributed by atoms with Gasteiger partial charge in [-0.25, -0.2) is 0 Å². The topological polar surface area (TPSA) is 43.4 Å². The smallest absolute Gasteiger partial charge is 0.281 e. The Balaban J connectivity index is -0.0000000875. The van der Waals surface area contributed by atoms with Crippen molar-refractivity contribution in [2.24, 2.45) is 0 Å². The van der Waals surface area contributed by atoms with E-state index in [9.17, 15) is 0 Å². The molecule has 0 amide bonds. The van der Waals surface area contributed by atoms with E-state index in [0.29, 0.717) is 0 Å². The molecule has 5 radical (unpaired) electrons. The molecule has 1 aliphatic heterocycles. The Bertz CT molecular complexity index is 38.6. The number of hydrogen-bond acceptors (Lipinski definition) is 3. The zero-order valence-corrected chi connectivity index (χ0v) is 6.61. The van der Waals surface area contributed by atoms with E-state index in [2.05, 4.69) is 13.6 Å². The predicted octanol–water partition coefficient (Wildman–Crippen LogP) is 0.000100. The third kappa shape index (κ3) is 15.7. The normalized spacial score (nSPS) is 12.8. The minimum Gasteiger partial charge on any atom is -0.381 e. The first-order valence-electron chi connectivity index (χ1n) is 2.49. The zero-order chi connectivity index (χ0) is 7.54. The summed E-state index contributed by atoms with van der Waals surface area (Å²) in [6, 6.07) is 0. The van der Waals surface area contributed by atoms with Crippen LogP contribution in [0.15, 0.2) is 0 Å². The average Bonchev–Trinajstić information content (AvgIpc) is 2.51. The maximum Gasteiger partial charge on any atom is 0.281 e. The fraction of sp³-hybridized carbons (Fsp3) is 0.667. The standard InChI is InChI=1S/C4H8O.2CO.Mn/c1-2-4-5-3-1;2*1-2;/h1-4H2;;;. The van der Waals surface area contributed by atoms with Crippen molar-refractivity contribution in [3.8, 4) is 0 Å². The third-order valence-electron chi connectivity index (χ3n) is 0.827. The van der Waals surface area contributed by atoms with Gasteiger partial charge in [0, 0.05) is 30.3 Å². The molecule has 1 saturated heterocycles. The Morgan fingerprint density at radius 2 is 1.20 bits per heavy atom. The first-order chi connectivity index (χ1) is 4.50. The van der Waals surface area contributed by atoms with Gasteiger partial charge in [-0.2, -0.15) is 0 Å². The van der Waals surface area contributed by atoms with Crippen LogP contribution in [0, 0.1) is 0 Å². The second kappa shape index (κ2) is 23.2. The maximum atomic E-state index is 7.50. The van der Waals surface area contributed by atoms with E-state index in [4.69, 9.17) is 14.3 Å². The second-order valence-electron chi connectivity index (χ2n) is 1.32. The molecule has 10 heavy (non-hydrogen) atoms. The van der Waals surface area contributed by atoms with Gasteiger partial charge < -0.3 is 4.74 Å². The Morgan fingerprint density at radius 1 is 0.900 bits per heavy atom. The molecule has 0 unspecified atom stereocenters. The van der Waals surface area contributed by atoms with Gasteiger partial charge >= 0.3 is 0 Å². The molecule has 57 valence electrons. The van der Waals surface area contributed by atoms with E-state index in [1.54, 1.807) is 0 Å². The van der Waals surface area contributed by atoms with Gasteiger partial charge in [0.2, 0.25) is 0 Å². The molecule has 1 rings (SSSR count). The summed E-state index contributed by atoms with van der Waals surface area (Å²) in [5.74, 6) is 0. The molecule has 0 aromatic rings. The van der Waals surface area contributed by atoms with Crippen LogP contribution < -0.4 is 0 Å². The molecule has 0 saturated carbocycles. The second-order valence-corrected chi connectivity index (χ2v) is 1.32. The summed E-state index contributed by atoms with van der Waals surface area (Å²) in [6.45, 7) is 11.0. The van der Waals surface area contributed by atoms with Crippen LogP contribution in [-0.4, -0.2) is 26.8 Å². The summed E-state index contributed by atoms with van der Waals surface area (Å²) in [7, 11) is 0. The molecule has 4 heteroatoms. The quantitative estimate of drug-likeness (QED) is 0.496. The zero-order valence-electron chi connectivity index (χ0n) is 5.43. The number of ether oxygens (including phenoxy) is 1. The first kappa shape index (κ1) is 16.4. The molecule has 1 heterocycles. The van der Waals surface area contributed by atoms with E-state index in [0.717, 1.165) is 13.2 Å². The van der Waals surface area contributed by atoms with Crippen LogP contribution in [-0.2, 0) is 31.4 Å². The number of hydrogen-bond donors (Lipinski definition) is 0. The van der Waals surface area contributed by atoms with Gasteiger partial charge in [0.25, 0.3) is 13.6 Å². The van der Waals surface area contributed by atoms with Gasteiger partial charge in [-0.15, -0.1) is 0 Å². The molecular formula is C6H8MnO3. The summed E-state index contributed by atoms with van der Waals surface area (Å²) in [5.41, 5.74) is 0. The van der Waals surface area contributed by atoms with Crippen molar-refractivity contribution in [3.63, 3.8) is 0 Å². The maximum absolute atomic E-state index is 7.50. The Kier molecular flexibility index (Phi) is 38.1. The fourth-order valence-electron chi connectivity index (χ4n) is 0.510. The molecule has 0 spiro atoms. The van der Waals surface area contributed by atoms with Gasteiger partial charge in [0.05, 0.1) is 0 Å². The van der Waals surface area contributed by atoms with Crippen molar-refractivity contribution in [1.82, 2.24) is 0 Å². The predicted molar refractivity (Wildman–Crippen MR) is 31.4 cm³/mol. The molecule has 3 nitrogen and oxygen atoms in total. The van der Waals surface area contributed by atoms with Gasteiger partial charge in [-0.05, 0) is 12.8 Å². The van der Waals surface area contributed by atoms with Crippen LogP contribution in [0.1, 0.15) is 12.8 Å². The average molecular weight is 183 g/mol. The van der Waals surface area contributed by atoms with Gasteiger partial charge in [-0.1, -0.05) is 0 Å². The van der Waals surface area contributed by atoms with Gasteiger partial charge in [0.15, 0.2) is 0 Å². The molecule has 0 atom stereocenters. The van der Waals surface area contributed by atoms with Crippen molar-refractivity contribution in [1.29, 1.82) is 0 Å². The van der Waals surface area contributed by atoms with Crippen LogP contribution in [0.25, 0.3) is 0 Å². The van der Waals surface area contributed by atoms with Crippen LogP contribution in [0.5, 0.6) is 0 Å². The van der Waals surface area contributed by atoms with Crippen LogP contribution in [0.2, 0.25) is 0 Å². The van der Waals surface area contributed by atoms with Crippen molar-refractivity contribution in [2.75, 3.05) is 13.2 Å². The van der Waals surface area contributed by atoms with E-state index in [1.807, 2.05) is 0 Å². The summed E-state index contributed by atoms with van der Waals surface area (Å²) in [4.78, 5) is 15.0. The Hall–Kier alpha value is -0.181. The van der Waals surface area contributed by atoms with Crippen molar-refractivity contribution in [2.45, 2.75) is 12.8 Å². The molecule has 0 aliphatic carbocycles. The molecule has 0 aromatic carbocycles. The van der Waals surface area contributed by atoms with E-state index >= 15 is 0 Å². The molecule has 0 N–H and O–H groups in total. The van der Waals surface area contributed by atoms with Crippen molar-refractivity contribution >= 4 is 13.6 Å². The molecule has 1 fully saturated rings. The van der Waals surface area contributed by atoms with Gasteiger partial charge in [-0.3, -0.25) is 9.59 Å². The van der Waals surface area contributed by atoms with Crippen molar-refractivity contribution < 1.29 is 31.4 Å². The molecule has 0 aromatic heterocycles. The summed E-state index contributed by atoms with van der Waals surface area (Å²) >= 11 is 0. The summed E-state index contributed by atoms with van der Waals surface area (Å²) in [6.07, 6.45) is 2.56. The van der Waals surface area contributed by atoms with Crippen LogP contribution >= 0.6 is 0 Å². The molecule has 0 bridgehead atoms. The first-order valence-corrected chi connectivity index (χ1v) is 2.49. The van der Waals surface area contributed by atoms with Crippen LogP contribution in [0.4, 0.5) is 0 Å². The monoisotopic (exact) mass is 183 g/mol. The summed E-state index contributed by atoms with van der Waals surface area (Å²) < 4.78 is 4.94. The Morgan fingerprint density at radius 3 is 1.30 bits per heavy atom. The largest absolute Gasteiger partial charge is 0.381 e. The summed E-state index contributed by atoms with van der Waals surface area (Å²) in [5, 5.41) is 0. The number of rotatable bonds is 0. The molecular weight excluding hydrogens is 175 g/mol. The van der Waals surface area contributed by atoms with E-state index < -0.39 is 0 Å². The minimum absolute atomic E-state index is 0. The minimum atomic E-state index is 0. The van der Waals surface area contributed by atoms with Gasteiger partial charge in [0.1, 0.15) is 0 Å². The SMILES string of the molecule is C1CCOC1.[C]=O.[C]=O.[Mn]. The molecule has 1 aliphatic rings.